The predicted molar refractivity (Wildman–Crippen MR) is 174 cm³/mol. The van der Waals surface area contributed by atoms with E-state index in [9.17, 15) is 24.3 Å². The zero-order chi connectivity index (χ0) is 32.6. The summed E-state index contributed by atoms with van der Waals surface area (Å²) in [6.07, 6.45) is 8.19. The molecule has 6 rings (SSSR count). The number of hydrogen-bond acceptors (Lipinski definition) is 6. The highest BCUT2D eigenvalue weighted by Gasteiger charge is 2.62. The largest absolute Gasteiger partial charge is 0.479 e. The number of carboxylic acid groups (broad SMARTS) is 1. The molecule has 0 radical (unpaired) electrons. The van der Waals surface area contributed by atoms with E-state index in [1.165, 1.54) is 16.3 Å². The fourth-order valence-electron chi connectivity index (χ4n) is 7.90. The first kappa shape index (κ1) is 32.2. The Balaban J connectivity index is 1.26. The van der Waals surface area contributed by atoms with Crippen molar-refractivity contribution in [3.63, 3.8) is 0 Å². The quantitative estimate of drug-likeness (QED) is 0.356. The van der Waals surface area contributed by atoms with Crippen LogP contribution in [0.15, 0.2) is 54.6 Å². The normalized spacial score (nSPS) is 31.2. The number of likely N-dealkylation sites (tertiary alicyclic amines) is 1. The van der Waals surface area contributed by atoms with Crippen LogP contribution in [0.4, 0.5) is 0 Å². The second-order valence-electron chi connectivity index (χ2n) is 14.9. The van der Waals surface area contributed by atoms with Crippen LogP contribution in [0.25, 0.3) is 10.8 Å². The number of carbonyl (C=O) groups excluding carboxylic acids is 3. The van der Waals surface area contributed by atoms with E-state index in [0.717, 1.165) is 38.8 Å². The van der Waals surface area contributed by atoms with Gasteiger partial charge in [-0.1, -0.05) is 61.4 Å². The molecule has 2 aromatic carbocycles. The first-order valence-electron chi connectivity index (χ1n) is 16.9. The Morgan fingerprint density at radius 2 is 1.80 bits per heavy atom. The second kappa shape index (κ2) is 12.8. The van der Waals surface area contributed by atoms with E-state index in [4.69, 9.17) is 4.74 Å². The highest BCUT2D eigenvalue weighted by molar-refractivity contribution is 5.96. The number of esters is 1. The number of hydrogen-bond donors (Lipinski definition) is 2. The molecule has 3 aliphatic heterocycles. The van der Waals surface area contributed by atoms with Crippen LogP contribution < -0.4 is 5.32 Å². The van der Waals surface area contributed by atoms with Crippen LogP contribution in [0.3, 0.4) is 0 Å². The average molecular weight is 630 g/mol. The summed E-state index contributed by atoms with van der Waals surface area (Å²) < 4.78 is 5.61. The summed E-state index contributed by atoms with van der Waals surface area (Å²) in [5.41, 5.74) is -0.826. The molecule has 3 heterocycles. The highest BCUT2D eigenvalue weighted by atomic mass is 16.6. The predicted octanol–water partition coefficient (Wildman–Crippen LogP) is 4.93. The smallest absolute Gasteiger partial charge is 0.330 e. The van der Waals surface area contributed by atoms with Gasteiger partial charge in [-0.3, -0.25) is 19.3 Å². The van der Waals surface area contributed by atoms with Gasteiger partial charge in [0.1, 0.15) is 17.2 Å². The molecule has 0 aromatic heterocycles. The van der Waals surface area contributed by atoms with Gasteiger partial charge < -0.3 is 20.1 Å². The van der Waals surface area contributed by atoms with E-state index < -0.39 is 40.9 Å². The maximum atomic E-state index is 14.3. The van der Waals surface area contributed by atoms with Crippen LogP contribution >= 0.6 is 0 Å². The fourth-order valence-corrected chi connectivity index (χ4v) is 7.90. The van der Waals surface area contributed by atoms with Crippen molar-refractivity contribution in [2.45, 2.75) is 89.4 Å². The molecule has 46 heavy (non-hydrogen) atoms. The minimum absolute atomic E-state index is 0.0363. The van der Waals surface area contributed by atoms with Crippen molar-refractivity contribution in [3.8, 4) is 0 Å². The number of fused-ring (bicyclic) bond motifs is 5. The molecule has 6 atom stereocenters. The molecule has 4 aliphatic rings. The molecule has 0 bridgehead atoms. The maximum absolute atomic E-state index is 14.3. The molecule has 3 fully saturated rings. The van der Waals surface area contributed by atoms with Crippen LogP contribution in [0.5, 0.6) is 0 Å². The number of allylic oxidation sites excluding steroid dienone is 1. The van der Waals surface area contributed by atoms with E-state index in [0.29, 0.717) is 25.9 Å². The molecule has 2 aromatic rings. The van der Waals surface area contributed by atoms with Gasteiger partial charge in [0, 0.05) is 43.9 Å². The fraction of sp³-hybridized carbons (Fsp3) is 0.568. The van der Waals surface area contributed by atoms with E-state index >= 15 is 0 Å². The number of carboxylic acids is 1. The van der Waals surface area contributed by atoms with Gasteiger partial charge in [-0.2, -0.15) is 0 Å². The van der Waals surface area contributed by atoms with E-state index in [2.05, 4.69) is 40.5 Å². The molecule has 0 spiro atoms. The van der Waals surface area contributed by atoms with Crippen LogP contribution in [0.1, 0.15) is 71.3 Å². The number of benzene rings is 2. The van der Waals surface area contributed by atoms with Gasteiger partial charge in [-0.15, -0.1) is 0 Å². The average Bonchev–Trinajstić information content (AvgIpc) is 3.37. The highest BCUT2D eigenvalue weighted by Crippen LogP contribution is 2.46. The van der Waals surface area contributed by atoms with Crippen LogP contribution in [0.2, 0.25) is 0 Å². The number of ether oxygens (including phenoxy) is 1. The molecule has 2 amide bonds. The van der Waals surface area contributed by atoms with Gasteiger partial charge in [0.2, 0.25) is 11.8 Å². The van der Waals surface area contributed by atoms with Crippen molar-refractivity contribution in [1.29, 1.82) is 0 Å². The molecule has 9 nitrogen and oxygen atoms in total. The summed E-state index contributed by atoms with van der Waals surface area (Å²) in [6.45, 7) is 7.93. The SMILES string of the molecule is CC(C)(C)OC(=O)C[C@@H]1CCCCC/C=C\[C@@H]2C[C@@]2(C(=O)O)NC(=O)[C@@H]2[C@H]3CN(Cc4ccc5ccccc5c4)C[C@H]3CN2C1=O. The topological polar surface area (TPSA) is 116 Å². The third-order valence-electron chi connectivity index (χ3n) is 10.2. The van der Waals surface area contributed by atoms with Gasteiger partial charge in [0.15, 0.2) is 0 Å². The lowest BCUT2D eigenvalue weighted by Gasteiger charge is -2.32. The van der Waals surface area contributed by atoms with Crippen molar-refractivity contribution >= 4 is 34.5 Å². The van der Waals surface area contributed by atoms with E-state index in [1.54, 1.807) is 4.90 Å². The van der Waals surface area contributed by atoms with Crippen molar-refractivity contribution in [3.05, 3.63) is 60.2 Å². The summed E-state index contributed by atoms with van der Waals surface area (Å²) in [6, 6.07) is 13.9. The lowest BCUT2D eigenvalue weighted by Crippen LogP contribution is -2.56. The Hall–Kier alpha value is -3.72. The van der Waals surface area contributed by atoms with Crippen LogP contribution in [-0.2, 0) is 30.5 Å². The van der Waals surface area contributed by atoms with Crippen LogP contribution in [0, 0.1) is 23.7 Å². The molecule has 1 aliphatic carbocycles. The molecule has 0 unspecified atom stereocenters. The Morgan fingerprint density at radius 1 is 1.02 bits per heavy atom. The minimum Gasteiger partial charge on any atom is -0.479 e. The first-order valence-corrected chi connectivity index (χ1v) is 16.9. The lowest BCUT2D eigenvalue weighted by atomic mass is 9.92. The van der Waals surface area contributed by atoms with E-state index in [-0.39, 0.29) is 30.1 Å². The number of amides is 2. The second-order valence-corrected chi connectivity index (χ2v) is 14.9. The maximum Gasteiger partial charge on any atom is 0.330 e. The third-order valence-corrected chi connectivity index (χ3v) is 10.2. The first-order chi connectivity index (χ1) is 21.9. The van der Waals surface area contributed by atoms with E-state index in [1.807, 2.05) is 45.1 Å². The zero-order valence-corrected chi connectivity index (χ0v) is 27.2. The van der Waals surface area contributed by atoms with Crippen molar-refractivity contribution in [1.82, 2.24) is 15.1 Å². The summed E-state index contributed by atoms with van der Waals surface area (Å²) in [4.78, 5) is 58.0. The summed E-state index contributed by atoms with van der Waals surface area (Å²) in [7, 11) is 0. The molecular formula is C37H47N3O6. The van der Waals surface area contributed by atoms with Crippen molar-refractivity contribution in [2.24, 2.45) is 23.7 Å². The van der Waals surface area contributed by atoms with Gasteiger partial charge in [-0.25, -0.2) is 4.79 Å². The number of rotatable bonds is 5. The van der Waals surface area contributed by atoms with Crippen molar-refractivity contribution in [2.75, 3.05) is 19.6 Å². The molecule has 246 valence electrons. The van der Waals surface area contributed by atoms with Gasteiger partial charge in [-0.05, 0) is 74.8 Å². The Bertz CT molecular complexity index is 1530. The minimum atomic E-state index is -1.35. The van der Waals surface area contributed by atoms with Gasteiger partial charge >= 0.3 is 11.9 Å². The molecular weight excluding hydrogens is 582 g/mol. The number of aliphatic carboxylic acids is 1. The van der Waals surface area contributed by atoms with Crippen molar-refractivity contribution < 1.29 is 29.0 Å². The summed E-state index contributed by atoms with van der Waals surface area (Å²) in [5.74, 6) is -3.01. The number of nitrogens with one attached hydrogen (secondary N) is 1. The van der Waals surface area contributed by atoms with Crippen LogP contribution in [-0.4, -0.2) is 75.5 Å². The Kier molecular flexibility index (Phi) is 8.98. The monoisotopic (exact) mass is 629 g/mol. The summed E-state index contributed by atoms with van der Waals surface area (Å²) in [5, 5.41) is 15.5. The zero-order valence-electron chi connectivity index (χ0n) is 27.2. The number of carbonyl (C=O) groups is 4. The molecule has 2 saturated heterocycles. The standard InChI is InChI=1S/C37H47N3O6/c1-36(2,3)46-31(41)18-27-13-7-5-4-6-8-14-29-19-37(29,35(44)45)38-33(42)32-30-23-39(21-28(30)22-40(32)34(27)43)20-24-15-16-25-11-9-10-12-26(25)17-24/h8-12,14-17,27-30,32H,4-7,13,18-23H2,1-3H3,(H,38,42)(H,44,45)/b14-8-/t27-,28-,29+,30-,32-,37+/m0/s1. The Labute approximate surface area is 271 Å². The molecule has 9 heteroatoms. The molecule has 1 saturated carbocycles. The van der Waals surface area contributed by atoms with Gasteiger partial charge in [0.05, 0.1) is 6.42 Å². The Morgan fingerprint density at radius 3 is 2.57 bits per heavy atom. The molecule has 2 N–H and O–H groups in total. The number of nitrogens with zero attached hydrogens (tertiary/aromatic N) is 2. The third kappa shape index (κ3) is 6.85. The lowest BCUT2D eigenvalue weighted by molar-refractivity contribution is -0.159. The summed E-state index contributed by atoms with van der Waals surface area (Å²) >= 11 is 0. The van der Waals surface area contributed by atoms with Gasteiger partial charge in [0.25, 0.3) is 0 Å².